The first-order chi connectivity index (χ1) is 11.4. The van der Waals surface area contributed by atoms with Crippen LogP contribution in [-0.2, 0) is 0 Å². The summed E-state index contributed by atoms with van der Waals surface area (Å²) in [7, 11) is 0. The van der Waals surface area contributed by atoms with Crippen LogP contribution < -0.4 is 0 Å². The predicted octanol–water partition coefficient (Wildman–Crippen LogP) is 4.16. The number of fused-ring (bicyclic) bond motifs is 1. The van der Waals surface area contributed by atoms with E-state index in [9.17, 15) is 5.26 Å². The second-order valence-corrected chi connectivity index (χ2v) is 6.31. The minimum Gasteiger partial charge on any atom is -0.351 e. The predicted molar refractivity (Wildman–Crippen MR) is 92.2 cm³/mol. The van der Waals surface area contributed by atoms with E-state index in [0.717, 1.165) is 18.5 Å². The quantitative estimate of drug-likeness (QED) is 0.835. The number of hydrogen-bond acceptors (Lipinski definition) is 3. The Balaban J connectivity index is 1.82. The van der Waals surface area contributed by atoms with Crippen LogP contribution in [0, 0.1) is 11.3 Å². The molecule has 2 aromatic rings. The third-order valence-corrected chi connectivity index (χ3v) is 4.95. The molecule has 3 heteroatoms. The van der Waals surface area contributed by atoms with Gasteiger partial charge in [0, 0.05) is 0 Å². The Bertz CT molecular complexity index is 773. The van der Waals surface area contributed by atoms with Crippen LogP contribution in [0.25, 0.3) is 11.1 Å². The van der Waals surface area contributed by atoms with Crippen molar-refractivity contribution in [2.45, 2.75) is 31.3 Å². The Morgan fingerprint density at radius 1 is 1.09 bits per heavy atom. The van der Waals surface area contributed by atoms with Gasteiger partial charge >= 0.3 is 0 Å². The lowest BCUT2D eigenvalue weighted by Crippen LogP contribution is -2.38. The van der Waals surface area contributed by atoms with Crippen molar-refractivity contribution in [3.8, 4) is 17.2 Å². The van der Waals surface area contributed by atoms with Gasteiger partial charge in [-0.2, -0.15) is 5.26 Å². The monoisotopic (exact) mass is 301 g/mol. The van der Waals surface area contributed by atoms with Crippen LogP contribution in [0.5, 0.6) is 0 Å². The van der Waals surface area contributed by atoms with E-state index in [1.165, 1.54) is 29.5 Å². The molecule has 0 aliphatic carbocycles. The molecule has 114 valence electrons. The molecular formula is C20H19N3. The number of nitrogens with zero attached hydrogens (tertiary/aromatic N) is 3. The molecule has 1 saturated heterocycles. The standard InChI is InChI=1S/C20H19N3/c21-12-15-9-10-18(19(11-15)16-5-2-1-3-6-16)20-8-4-7-17-13-22-14-23(17)20/h1-3,5-6,9-11,14,17,20H,4,7-8,13H2. The summed E-state index contributed by atoms with van der Waals surface area (Å²) in [6.45, 7) is 0.924. The molecule has 2 aromatic carbocycles. The van der Waals surface area contributed by atoms with Crippen molar-refractivity contribution >= 4 is 6.34 Å². The van der Waals surface area contributed by atoms with Crippen LogP contribution in [0.15, 0.2) is 53.5 Å². The molecule has 2 atom stereocenters. The van der Waals surface area contributed by atoms with Gasteiger partial charge in [-0.3, -0.25) is 4.99 Å². The Labute approximate surface area is 136 Å². The topological polar surface area (TPSA) is 39.4 Å². The van der Waals surface area contributed by atoms with Crippen molar-refractivity contribution in [2.24, 2.45) is 4.99 Å². The molecular weight excluding hydrogens is 282 g/mol. The smallest absolute Gasteiger partial charge is 0.0991 e. The molecule has 2 aliphatic rings. The van der Waals surface area contributed by atoms with Gasteiger partial charge in [-0.15, -0.1) is 0 Å². The molecule has 0 radical (unpaired) electrons. The van der Waals surface area contributed by atoms with E-state index in [4.69, 9.17) is 0 Å². The van der Waals surface area contributed by atoms with Gasteiger partial charge in [0.2, 0.25) is 0 Å². The summed E-state index contributed by atoms with van der Waals surface area (Å²) < 4.78 is 0. The van der Waals surface area contributed by atoms with E-state index in [2.05, 4.69) is 46.3 Å². The second-order valence-electron chi connectivity index (χ2n) is 6.31. The Kier molecular flexibility index (Phi) is 3.59. The fourth-order valence-electron chi connectivity index (χ4n) is 3.82. The molecule has 2 unspecified atom stereocenters. The van der Waals surface area contributed by atoms with Gasteiger partial charge in [0.25, 0.3) is 0 Å². The van der Waals surface area contributed by atoms with Crippen LogP contribution in [0.1, 0.15) is 36.4 Å². The largest absolute Gasteiger partial charge is 0.351 e. The maximum atomic E-state index is 9.28. The number of piperidine rings is 1. The lowest BCUT2D eigenvalue weighted by atomic mass is 9.86. The van der Waals surface area contributed by atoms with Crippen molar-refractivity contribution in [3.05, 3.63) is 59.7 Å². The van der Waals surface area contributed by atoms with Gasteiger partial charge in [0.05, 0.1) is 36.6 Å². The van der Waals surface area contributed by atoms with Crippen molar-refractivity contribution in [2.75, 3.05) is 6.54 Å². The molecule has 2 aliphatic heterocycles. The summed E-state index contributed by atoms with van der Waals surface area (Å²) in [5, 5.41) is 9.28. The van der Waals surface area contributed by atoms with Crippen LogP contribution in [-0.4, -0.2) is 23.8 Å². The average Bonchev–Trinajstić information content (AvgIpc) is 3.11. The van der Waals surface area contributed by atoms with Crippen LogP contribution in [0.3, 0.4) is 0 Å². The molecule has 3 nitrogen and oxygen atoms in total. The summed E-state index contributed by atoms with van der Waals surface area (Å²) in [4.78, 5) is 6.92. The van der Waals surface area contributed by atoms with E-state index in [-0.39, 0.29) is 0 Å². The molecule has 0 aromatic heterocycles. The molecule has 0 bridgehead atoms. The molecule has 0 N–H and O–H groups in total. The van der Waals surface area contributed by atoms with Crippen molar-refractivity contribution in [3.63, 3.8) is 0 Å². The van der Waals surface area contributed by atoms with Crippen molar-refractivity contribution in [1.82, 2.24) is 4.90 Å². The van der Waals surface area contributed by atoms with Gasteiger partial charge in [-0.1, -0.05) is 36.4 Å². The Morgan fingerprint density at radius 2 is 1.96 bits per heavy atom. The maximum Gasteiger partial charge on any atom is 0.0991 e. The summed E-state index contributed by atoms with van der Waals surface area (Å²) in [6.07, 6.45) is 5.65. The van der Waals surface area contributed by atoms with Gasteiger partial charge in [0.1, 0.15) is 0 Å². The molecule has 2 heterocycles. The number of rotatable bonds is 2. The number of benzene rings is 2. The fraction of sp³-hybridized carbons (Fsp3) is 0.300. The highest BCUT2D eigenvalue weighted by atomic mass is 15.3. The minimum atomic E-state index is 0.364. The third kappa shape index (κ3) is 2.51. The molecule has 0 amide bonds. The zero-order valence-electron chi connectivity index (χ0n) is 13.0. The number of nitriles is 1. The second kappa shape index (κ2) is 5.89. The molecule has 1 fully saturated rings. The van der Waals surface area contributed by atoms with Crippen LogP contribution >= 0.6 is 0 Å². The molecule has 0 spiro atoms. The van der Waals surface area contributed by atoms with Crippen molar-refractivity contribution < 1.29 is 0 Å². The molecule has 0 saturated carbocycles. The maximum absolute atomic E-state index is 9.28. The average molecular weight is 301 g/mol. The van der Waals surface area contributed by atoms with E-state index < -0.39 is 0 Å². The summed E-state index contributed by atoms with van der Waals surface area (Å²) >= 11 is 0. The van der Waals surface area contributed by atoms with E-state index in [1.54, 1.807) is 0 Å². The van der Waals surface area contributed by atoms with Crippen LogP contribution in [0.2, 0.25) is 0 Å². The van der Waals surface area contributed by atoms with Gasteiger partial charge in [-0.25, -0.2) is 0 Å². The first-order valence-corrected chi connectivity index (χ1v) is 8.23. The SMILES string of the molecule is N#Cc1ccc(C2CCCC3CN=CN32)c(-c2ccccc2)c1. The Hall–Kier alpha value is -2.60. The zero-order valence-corrected chi connectivity index (χ0v) is 13.0. The van der Waals surface area contributed by atoms with Gasteiger partial charge in [-0.05, 0) is 48.1 Å². The van der Waals surface area contributed by atoms with Crippen LogP contribution in [0.4, 0.5) is 0 Å². The zero-order chi connectivity index (χ0) is 15.6. The fourth-order valence-corrected chi connectivity index (χ4v) is 3.82. The number of hydrogen-bond donors (Lipinski definition) is 0. The normalized spacial score (nSPS) is 22.7. The van der Waals surface area contributed by atoms with Crippen molar-refractivity contribution in [1.29, 1.82) is 5.26 Å². The third-order valence-electron chi connectivity index (χ3n) is 4.95. The summed E-state index contributed by atoms with van der Waals surface area (Å²) in [5.74, 6) is 0. The highest BCUT2D eigenvalue weighted by Gasteiger charge is 2.33. The summed E-state index contributed by atoms with van der Waals surface area (Å²) in [5.41, 5.74) is 4.39. The molecule has 23 heavy (non-hydrogen) atoms. The number of aliphatic imine (C=N–C) groups is 1. The first-order valence-electron chi connectivity index (χ1n) is 8.23. The van der Waals surface area contributed by atoms with Gasteiger partial charge in [0.15, 0.2) is 0 Å². The van der Waals surface area contributed by atoms with Gasteiger partial charge < -0.3 is 4.90 Å². The lowest BCUT2D eigenvalue weighted by molar-refractivity contribution is 0.194. The van der Waals surface area contributed by atoms with E-state index in [0.29, 0.717) is 12.1 Å². The Morgan fingerprint density at radius 3 is 2.78 bits per heavy atom. The first kappa shape index (κ1) is 14.0. The summed E-state index contributed by atoms with van der Waals surface area (Å²) in [6, 6.07) is 19.7. The van der Waals surface area contributed by atoms with E-state index in [1.807, 2.05) is 24.5 Å². The lowest BCUT2D eigenvalue weighted by Gasteiger charge is -2.38. The van der Waals surface area contributed by atoms with E-state index >= 15 is 0 Å². The highest BCUT2D eigenvalue weighted by Crippen LogP contribution is 2.39. The molecule has 4 rings (SSSR count). The minimum absolute atomic E-state index is 0.364. The highest BCUT2D eigenvalue weighted by molar-refractivity contribution is 5.71.